The van der Waals surface area contributed by atoms with Crippen molar-refractivity contribution in [2.24, 2.45) is 22.7 Å². The molecule has 5 atom stereocenters. The molecule has 1 N–H and O–H groups in total. The molecule has 1 amide bonds. The minimum absolute atomic E-state index is 0.0290. The van der Waals surface area contributed by atoms with Crippen LogP contribution in [0.4, 0.5) is 11.4 Å². The van der Waals surface area contributed by atoms with E-state index in [4.69, 9.17) is 9.47 Å². The Morgan fingerprint density at radius 3 is 2.35 bits per heavy atom. The number of nitrogens with one attached hydrogen (secondary N) is 1. The number of carbonyl (C=O) groups excluding carboxylic acids is 1. The van der Waals surface area contributed by atoms with Gasteiger partial charge in [-0.3, -0.25) is 14.9 Å². The van der Waals surface area contributed by atoms with E-state index in [-0.39, 0.29) is 39.2 Å². The number of carbonyl (C=O) groups is 1. The molecule has 3 aliphatic heterocycles. The smallest absolute Gasteiger partial charge is 0.269 e. The predicted octanol–water partition coefficient (Wildman–Crippen LogP) is 5.57. The first-order valence-corrected chi connectivity index (χ1v) is 17.5. The van der Waals surface area contributed by atoms with E-state index in [0.717, 1.165) is 48.2 Å². The van der Waals surface area contributed by atoms with Crippen LogP contribution in [0.25, 0.3) is 0 Å². The molecule has 0 spiro atoms. The van der Waals surface area contributed by atoms with Gasteiger partial charge in [0.2, 0.25) is 0 Å². The Labute approximate surface area is 271 Å². The number of hydrogen-bond acceptors (Lipinski definition) is 8. The minimum Gasteiger partial charge on any atom is -0.350 e. The van der Waals surface area contributed by atoms with Crippen molar-refractivity contribution in [3.63, 3.8) is 0 Å². The molecule has 46 heavy (non-hydrogen) atoms. The number of fused-ring (bicyclic) bond motifs is 3. The van der Waals surface area contributed by atoms with Crippen LogP contribution < -0.4 is 9.73 Å². The summed E-state index contributed by atoms with van der Waals surface area (Å²) in [7, 11) is -4.25. The number of rotatable bonds is 8. The van der Waals surface area contributed by atoms with Crippen LogP contribution in [-0.4, -0.2) is 55.5 Å². The van der Waals surface area contributed by atoms with Crippen molar-refractivity contribution in [2.45, 2.75) is 89.6 Å². The Kier molecular flexibility index (Phi) is 8.10. The fourth-order valence-corrected chi connectivity index (χ4v) is 9.53. The second kappa shape index (κ2) is 11.4. The minimum atomic E-state index is -4.25. The number of para-hydroxylation sites is 1. The summed E-state index contributed by atoms with van der Waals surface area (Å²) >= 11 is 0. The summed E-state index contributed by atoms with van der Waals surface area (Å²) in [4.78, 5) is 29.2. The second-order valence-electron chi connectivity index (χ2n) is 14.3. The molecular formula is C34H44N4O7S. The quantitative estimate of drug-likeness (QED) is 0.223. The van der Waals surface area contributed by atoms with Gasteiger partial charge in [-0.1, -0.05) is 51.1 Å². The lowest BCUT2D eigenvalue weighted by Gasteiger charge is -2.57. The van der Waals surface area contributed by atoms with Gasteiger partial charge >= 0.3 is 0 Å². The van der Waals surface area contributed by atoms with Crippen LogP contribution in [0, 0.1) is 32.8 Å². The molecular weight excluding hydrogens is 608 g/mol. The lowest BCUT2D eigenvalue weighted by molar-refractivity contribution is -0.384. The first kappa shape index (κ1) is 32.6. The maximum atomic E-state index is 14.1. The third-order valence-electron chi connectivity index (χ3n) is 11.1. The normalized spacial score (nSPS) is 30.3. The molecule has 248 valence electrons. The Morgan fingerprint density at radius 1 is 1.07 bits per heavy atom. The van der Waals surface area contributed by atoms with Gasteiger partial charge in [-0.15, -0.1) is 4.83 Å². The number of anilines is 1. The van der Waals surface area contributed by atoms with Gasteiger partial charge in [-0.2, -0.15) is 0 Å². The van der Waals surface area contributed by atoms with Crippen molar-refractivity contribution in [3.8, 4) is 0 Å². The third kappa shape index (κ3) is 5.42. The van der Waals surface area contributed by atoms with Gasteiger partial charge in [0.15, 0.2) is 5.79 Å². The number of nitro groups is 1. The molecule has 0 unspecified atom stereocenters. The van der Waals surface area contributed by atoms with Crippen molar-refractivity contribution in [3.05, 3.63) is 76.4 Å². The monoisotopic (exact) mass is 652 g/mol. The predicted molar refractivity (Wildman–Crippen MR) is 173 cm³/mol. The number of hydrogen-bond donors (Lipinski definition) is 1. The molecule has 1 saturated carbocycles. The first-order chi connectivity index (χ1) is 21.6. The van der Waals surface area contributed by atoms with E-state index in [2.05, 4.69) is 37.1 Å². The maximum absolute atomic E-state index is 14.1. The topological polar surface area (TPSA) is 131 Å². The molecule has 4 aliphatic rings. The largest absolute Gasteiger partial charge is 0.350 e. The number of benzene rings is 2. The molecule has 3 heterocycles. The summed E-state index contributed by atoms with van der Waals surface area (Å²) in [6.45, 7) is 16.3. The van der Waals surface area contributed by atoms with Gasteiger partial charge in [0.05, 0.1) is 23.0 Å². The number of ether oxygens (including phenoxy) is 2. The highest BCUT2D eigenvalue weighted by Crippen LogP contribution is 2.59. The highest BCUT2D eigenvalue weighted by Gasteiger charge is 2.57. The molecule has 0 aromatic heterocycles. The summed E-state index contributed by atoms with van der Waals surface area (Å²) in [5.41, 5.74) is 2.38. The zero-order valence-electron chi connectivity index (χ0n) is 27.2. The van der Waals surface area contributed by atoms with Gasteiger partial charge in [-0.05, 0) is 80.5 Å². The third-order valence-corrected chi connectivity index (χ3v) is 12.5. The summed E-state index contributed by atoms with van der Waals surface area (Å²) in [6, 6.07) is 12.0. The summed E-state index contributed by atoms with van der Waals surface area (Å²) in [6.07, 6.45) is 2.95. The number of non-ortho nitro benzene ring substituents is 1. The molecule has 2 aromatic carbocycles. The fraction of sp³-hybridized carbons (Fsp3) is 0.559. The van der Waals surface area contributed by atoms with Crippen molar-refractivity contribution in [1.82, 2.24) is 9.84 Å². The molecule has 0 radical (unpaired) electrons. The van der Waals surface area contributed by atoms with Crippen molar-refractivity contribution < 1.29 is 27.6 Å². The molecule has 2 aromatic rings. The Bertz CT molecular complexity index is 1650. The molecule has 0 bridgehead atoms. The molecule has 1 aliphatic carbocycles. The van der Waals surface area contributed by atoms with Crippen LogP contribution in [-0.2, 0) is 30.7 Å². The number of amides is 1. The van der Waals surface area contributed by atoms with E-state index in [9.17, 15) is 23.3 Å². The van der Waals surface area contributed by atoms with Crippen LogP contribution in [0.5, 0.6) is 0 Å². The second-order valence-corrected chi connectivity index (χ2v) is 16.0. The van der Waals surface area contributed by atoms with E-state index >= 15 is 0 Å². The van der Waals surface area contributed by atoms with Crippen LogP contribution >= 0.6 is 0 Å². The number of allylic oxidation sites excluding steroid dienone is 1. The standard InChI is InChI=1S/C34H44N4O7S/c1-7-34(6)26(22(2)12-17-29(34)33(5)20-44-32(3,4)45-21-33)19-30-36-27-11-9-8-10-23(27)18-28(36)31(39)37(30)35-46(42,43)25-15-13-24(14-16-25)38(40)41/h8-11,13-16,26,28-30,35H,2,7,12,17-21H2,1,3-6H3/t26-,28+,29-,30-,34+/m1/s1. The maximum Gasteiger partial charge on any atom is 0.269 e. The molecule has 6 rings (SSSR count). The molecule has 12 heteroatoms. The van der Waals surface area contributed by atoms with Gasteiger partial charge in [0.1, 0.15) is 12.2 Å². The van der Waals surface area contributed by atoms with Crippen molar-refractivity contribution in [2.75, 3.05) is 18.1 Å². The summed E-state index contributed by atoms with van der Waals surface area (Å²) < 4.78 is 39.7. The van der Waals surface area contributed by atoms with E-state index in [1.165, 1.54) is 17.1 Å². The van der Waals surface area contributed by atoms with Crippen molar-refractivity contribution >= 4 is 27.3 Å². The molecule has 3 fully saturated rings. The van der Waals surface area contributed by atoms with Crippen LogP contribution in [0.1, 0.15) is 65.9 Å². The number of nitro benzene ring substituents is 1. The summed E-state index contributed by atoms with van der Waals surface area (Å²) in [5, 5.41) is 12.4. The number of nitrogens with zero attached hydrogens (tertiary/aromatic N) is 3. The van der Waals surface area contributed by atoms with E-state index in [1.807, 2.05) is 38.1 Å². The average Bonchev–Trinajstić information content (AvgIpc) is 3.51. The van der Waals surface area contributed by atoms with Crippen molar-refractivity contribution in [1.29, 1.82) is 0 Å². The highest BCUT2D eigenvalue weighted by atomic mass is 32.2. The highest BCUT2D eigenvalue weighted by molar-refractivity contribution is 7.89. The summed E-state index contributed by atoms with van der Waals surface area (Å²) in [5.74, 6) is -0.755. The van der Waals surface area contributed by atoms with Crippen LogP contribution in [0.15, 0.2) is 65.6 Å². The van der Waals surface area contributed by atoms with Gasteiger partial charge in [-0.25, -0.2) is 13.4 Å². The van der Waals surface area contributed by atoms with Crippen LogP contribution in [0.2, 0.25) is 0 Å². The van der Waals surface area contributed by atoms with E-state index < -0.39 is 32.9 Å². The number of sulfonamides is 1. The zero-order valence-corrected chi connectivity index (χ0v) is 28.0. The first-order valence-electron chi connectivity index (χ1n) is 16.0. The lowest BCUT2D eigenvalue weighted by Crippen LogP contribution is -2.57. The lowest BCUT2D eigenvalue weighted by atomic mass is 9.51. The average molecular weight is 653 g/mol. The zero-order chi connectivity index (χ0) is 33.2. The Balaban J connectivity index is 1.36. The van der Waals surface area contributed by atoms with Gasteiger partial charge in [0, 0.05) is 29.7 Å². The van der Waals surface area contributed by atoms with Gasteiger partial charge < -0.3 is 14.4 Å². The Hall–Kier alpha value is -3.32. The van der Waals surface area contributed by atoms with Gasteiger partial charge in [0.25, 0.3) is 21.6 Å². The SMILES string of the molecule is C=C1CC[C@H](C2(C)COC(C)(C)OC2)[C@@](C)(CC)[C@@H]1C[C@H]1N(NS(=O)(=O)c2ccc([N+](=O)[O-])cc2)C(=O)[C@@H]2Cc3ccccc3N21. The number of hydrazine groups is 1. The fourth-order valence-electron chi connectivity index (χ4n) is 8.46. The van der Waals surface area contributed by atoms with E-state index in [1.54, 1.807) is 0 Å². The van der Waals surface area contributed by atoms with Crippen LogP contribution in [0.3, 0.4) is 0 Å². The Morgan fingerprint density at radius 2 is 1.72 bits per heavy atom. The van der Waals surface area contributed by atoms with E-state index in [0.29, 0.717) is 26.1 Å². The molecule has 2 saturated heterocycles. The molecule has 11 nitrogen and oxygen atoms in total.